The highest BCUT2D eigenvalue weighted by atomic mass is 35.5. The van der Waals surface area contributed by atoms with Crippen molar-refractivity contribution in [2.75, 3.05) is 16.4 Å². The Hall–Kier alpha value is -2.19. The van der Waals surface area contributed by atoms with E-state index in [2.05, 4.69) is 10.6 Å². The quantitative estimate of drug-likeness (QED) is 0.688. The summed E-state index contributed by atoms with van der Waals surface area (Å²) in [6, 6.07) is 9.56. The lowest BCUT2D eigenvalue weighted by molar-refractivity contribution is -0.137. The summed E-state index contributed by atoms with van der Waals surface area (Å²) in [7, 11) is 0. The molecule has 0 aliphatic heterocycles. The Kier molecular flexibility index (Phi) is 6.55. The van der Waals surface area contributed by atoms with Crippen molar-refractivity contribution < 1.29 is 22.8 Å². The minimum atomic E-state index is -4.52. The minimum absolute atomic E-state index is 0.00788. The summed E-state index contributed by atoms with van der Waals surface area (Å²) in [6.07, 6.45) is -4.52. The molecule has 0 bridgehead atoms. The zero-order valence-corrected chi connectivity index (χ0v) is 15.1. The van der Waals surface area contributed by atoms with Gasteiger partial charge in [0.05, 0.1) is 22.0 Å². The summed E-state index contributed by atoms with van der Waals surface area (Å²) >= 11 is 7.04. The summed E-state index contributed by atoms with van der Waals surface area (Å²) in [5.74, 6) is -0.684. The topological polar surface area (TPSA) is 58.2 Å². The van der Waals surface area contributed by atoms with Gasteiger partial charge in [0, 0.05) is 17.5 Å². The number of carbonyl (C=O) groups excluding carboxylic acids is 2. The van der Waals surface area contributed by atoms with E-state index < -0.39 is 17.6 Å². The van der Waals surface area contributed by atoms with Crippen molar-refractivity contribution in [2.24, 2.45) is 0 Å². The van der Waals surface area contributed by atoms with Gasteiger partial charge in [-0.2, -0.15) is 13.2 Å². The molecule has 0 radical (unpaired) electrons. The van der Waals surface area contributed by atoms with Crippen LogP contribution in [0.5, 0.6) is 0 Å². The molecule has 2 amide bonds. The SMILES string of the molecule is CC(=O)Nc1ccc(SCC(=O)Nc2cc(C(F)(F)F)ccc2Cl)cc1. The molecule has 4 nitrogen and oxygen atoms in total. The molecule has 0 aromatic heterocycles. The lowest BCUT2D eigenvalue weighted by Crippen LogP contribution is -2.15. The molecule has 0 unspecified atom stereocenters. The van der Waals surface area contributed by atoms with Crippen molar-refractivity contribution >= 4 is 46.6 Å². The van der Waals surface area contributed by atoms with Gasteiger partial charge in [0.2, 0.25) is 11.8 Å². The largest absolute Gasteiger partial charge is 0.416 e. The van der Waals surface area contributed by atoms with E-state index in [1.807, 2.05) is 0 Å². The number of benzene rings is 2. The molecule has 0 saturated heterocycles. The van der Waals surface area contributed by atoms with Gasteiger partial charge in [-0.05, 0) is 42.5 Å². The Labute approximate surface area is 157 Å². The molecule has 2 rings (SSSR count). The molecule has 2 aromatic carbocycles. The summed E-state index contributed by atoms with van der Waals surface area (Å²) in [4.78, 5) is 23.7. The summed E-state index contributed by atoms with van der Waals surface area (Å²) < 4.78 is 38.2. The van der Waals surface area contributed by atoms with Crippen LogP contribution in [0.3, 0.4) is 0 Å². The van der Waals surface area contributed by atoms with Crippen molar-refractivity contribution in [1.82, 2.24) is 0 Å². The maximum atomic E-state index is 12.7. The molecule has 0 atom stereocenters. The highest BCUT2D eigenvalue weighted by Gasteiger charge is 2.31. The van der Waals surface area contributed by atoms with Gasteiger partial charge in [0.15, 0.2) is 0 Å². The number of anilines is 2. The van der Waals surface area contributed by atoms with E-state index in [0.29, 0.717) is 5.69 Å². The third kappa shape index (κ3) is 5.96. The van der Waals surface area contributed by atoms with Gasteiger partial charge in [0.25, 0.3) is 0 Å². The molecular weight excluding hydrogens is 389 g/mol. The molecule has 138 valence electrons. The second kappa shape index (κ2) is 8.46. The molecule has 0 spiro atoms. The molecule has 2 aromatic rings. The smallest absolute Gasteiger partial charge is 0.326 e. The van der Waals surface area contributed by atoms with Crippen molar-refractivity contribution in [2.45, 2.75) is 18.0 Å². The number of hydrogen-bond donors (Lipinski definition) is 2. The number of thioether (sulfide) groups is 1. The zero-order chi connectivity index (χ0) is 19.3. The molecule has 0 heterocycles. The van der Waals surface area contributed by atoms with Crippen molar-refractivity contribution in [3.8, 4) is 0 Å². The van der Waals surface area contributed by atoms with Gasteiger partial charge >= 0.3 is 6.18 Å². The van der Waals surface area contributed by atoms with Crippen LogP contribution in [0.2, 0.25) is 5.02 Å². The highest BCUT2D eigenvalue weighted by Crippen LogP contribution is 2.34. The van der Waals surface area contributed by atoms with E-state index in [9.17, 15) is 22.8 Å². The number of hydrogen-bond acceptors (Lipinski definition) is 3. The van der Waals surface area contributed by atoms with Crippen LogP contribution in [0, 0.1) is 0 Å². The van der Waals surface area contributed by atoms with E-state index in [1.54, 1.807) is 24.3 Å². The Morgan fingerprint density at radius 2 is 1.73 bits per heavy atom. The van der Waals surface area contributed by atoms with Gasteiger partial charge in [-0.3, -0.25) is 9.59 Å². The predicted molar refractivity (Wildman–Crippen MR) is 96.6 cm³/mol. The average molecular weight is 403 g/mol. The van der Waals surface area contributed by atoms with Gasteiger partial charge in [-0.1, -0.05) is 11.6 Å². The van der Waals surface area contributed by atoms with Gasteiger partial charge < -0.3 is 10.6 Å². The Balaban J connectivity index is 1.96. The third-order valence-corrected chi connectivity index (χ3v) is 4.45. The summed E-state index contributed by atoms with van der Waals surface area (Å²) in [5, 5.41) is 5.02. The van der Waals surface area contributed by atoms with Crippen LogP contribution in [-0.2, 0) is 15.8 Å². The number of rotatable bonds is 5. The van der Waals surface area contributed by atoms with E-state index in [1.165, 1.54) is 18.7 Å². The van der Waals surface area contributed by atoms with Gasteiger partial charge in [0.1, 0.15) is 0 Å². The maximum Gasteiger partial charge on any atom is 0.416 e. The molecule has 0 aliphatic rings. The van der Waals surface area contributed by atoms with Crippen molar-refractivity contribution in [3.63, 3.8) is 0 Å². The fourth-order valence-electron chi connectivity index (χ4n) is 1.97. The molecule has 0 saturated carbocycles. The Morgan fingerprint density at radius 1 is 1.08 bits per heavy atom. The summed E-state index contributed by atoms with van der Waals surface area (Å²) in [6.45, 7) is 1.39. The second-order valence-corrected chi connectivity index (χ2v) is 6.69. The number of halogens is 4. The van der Waals surface area contributed by atoms with E-state index in [4.69, 9.17) is 11.6 Å². The first-order valence-corrected chi connectivity index (χ1v) is 8.68. The van der Waals surface area contributed by atoms with E-state index >= 15 is 0 Å². The van der Waals surface area contributed by atoms with Gasteiger partial charge in [-0.25, -0.2) is 0 Å². The molecule has 0 aliphatic carbocycles. The molecule has 2 N–H and O–H groups in total. The fourth-order valence-corrected chi connectivity index (χ4v) is 2.83. The maximum absolute atomic E-state index is 12.7. The lowest BCUT2D eigenvalue weighted by Gasteiger charge is -2.11. The van der Waals surface area contributed by atoms with Crippen LogP contribution in [0.25, 0.3) is 0 Å². The fraction of sp³-hybridized carbons (Fsp3) is 0.176. The van der Waals surface area contributed by atoms with Crippen LogP contribution in [-0.4, -0.2) is 17.6 Å². The molecular formula is C17H14ClF3N2O2S. The Bertz CT molecular complexity index is 811. The number of carbonyl (C=O) groups is 2. The van der Waals surface area contributed by atoms with Crippen LogP contribution < -0.4 is 10.6 Å². The van der Waals surface area contributed by atoms with Crippen LogP contribution in [0.4, 0.5) is 24.5 Å². The second-order valence-electron chi connectivity index (χ2n) is 5.23. The van der Waals surface area contributed by atoms with E-state index in [0.717, 1.165) is 23.1 Å². The lowest BCUT2D eigenvalue weighted by atomic mass is 10.2. The first kappa shape index (κ1) is 20.1. The van der Waals surface area contributed by atoms with Crippen LogP contribution in [0.15, 0.2) is 47.4 Å². The van der Waals surface area contributed by atoms with Crippen LogP contribution >= 0.6 is 23.4 Å². The van der Waals surface area contributed by atoms with Crippen molar-refractivity contribution in [1.29, 1.82) is 0 Å². The normalized spacial score (nSPS) is 11.1. The first-order valence-electron chi connectivity index (χ1n) is 7.32. The summed E-state index contributed by atoms with van der Waals surface area (Å²) in [5.41, 5.74) is -0.353. The monoisotopic (exact) mass is 402 g/mol. The molecule has 26 heavy (non-hydrogen) atoms. The third-order valence-electron chi connectivity index (χ3n) is 3.11. The molecule has 0 fully saturated rings. The highest BCUT2D eigenvalue weighted by molar-refractivity contribution is 8.00. The number of alkyl halides is 3. The Morgan fingerprint density at radius 3 is 2.31 bits per heavy atom. The molecule has 9 heteroatoms. The number of amides is 2. The zero-order valence-electron chi connectivity index (χ0n) is 13.5. The van der Waals surface area contributed by atoms with E-state index in [-0.39, 0.29) is 22.4 Å². The van der Waals surface area contributed by atoms with Crippen LogP contribution in [0.1, 0.15) is 12.5 Å². The average Bonchev–Trinajstić information content (AvgIpc) is 2.54. The first-order chi connectivity index (χ1) is 12.1. The predicted octanol–water partition coefficient (Wildman–Crippen LogP) is 5.05. The van der Waals surface area contributed by atoms with Gasteiger partial charge in [-0.15, -0.1) is 11.8 Å². The van der Waals surface area contributed by atoms with Crippen molar-refractivity contribution in [3.05, 3.63) is 53.1 Å². The number of nitrogens with one attached hydrogen (secondary N) is 2. The minimum Gasteiger partial charge on any atom is -0.326 e. The standard InChI is InChI=1S/C17H14ClF3N2O2S/c1-10(24)22-12-3-5-13(6-4-12)26-9-16(25)23-15-8-11(17(19,20)21)2-7-14(15)18/h2-8H,9H2,1H3,(H,22,24)(H,23,25).